The van der Waals surface area contributed by atoms with Gasteiger partial charge in [-0.15, -0.1) is 11.3 Å². The lowest BCUT2D eigenvalue weighted by atomic mass is 10.0. The van der Waals surface area contributed by atoms with E-state index in [0.29, 0.717) is 17.8 Å². The van der Waals surface area contributed by atoms with Crippen molar-refractivity contribution in [2.45, 2.75) is 31.0 Å². The molecule has 0 amide bonds. The number of hydrogen-bond acceptors (Lipinski definition) is 5. The van der Waals surface area contributed by atoms with Crippen LogP contribution in [-0.2, 0) is 27.8 Å². The van der Waals surface area contributed by atoms with Crippen molar-refractivity contribution < 1.29 is 18.3 Å². The molecule has 0 aromatic carbocycles. The maximum atomic E-state index is 12.8. The number of thiophene rings is 1. The first kappa shape index (κ1) is 15.2. The number of aryl methyl sites for hydroxylation is 1. The number of rotatable bonds is 4. The first-order valence-corrected chi connectivity index (χ1v) is 9.09. The van der Waals surface area contributed by atoms with Crippen LogP contribution in [0.3, 0.4) is 0 Å². The molecule has 2 aromatic rings. The molecular formula is C13H15N3O4S2. The molecule has 1 N–H and O–H groups in total. The predicted octanol–water partition coefficient (Wildman–Crippen LogP) is 1.34. The highest BCUT2D eigenvalue weighted by Crippen LogP contribution is 2.37. The van der Waals surface area contributed by atoms with Crippen molar-refractivity contribution in [3.8, 4) is 0 Å². The normalized spacial score (nSPS) is 19.0. The number of aliphatic carboxylic acids is 1. The number of carboxylic acids is 1. The molecule has 22 heavy (non-hydrogen) atoms. The summed E-state index contributed by atoms with van der Waals surface area (Å²) in [5, 5.41) is 11.2. The first-order valence-electron chi connectivity index (χ1n) is 6.78. The molecule has 0 saturated carbocycles. The van der Waals surface area contributed by atoms with Gasteiger partial charge < -0.3 is 9.67 Å². The smallest absolute Gasteiger partial charge is 0.327 e. The second kappa shape index (κ2) is 5.49. The Labute approximate surface area is 131 Å². The summed E-state index contributed by atoms with van der Waals surface area (Å²) in [5.74, 6) is -1.16. The fourth-order valence-corrected chi connectivity index (χ4v) is 5.16. The molecule has 0 radical (unpaired) electrons. The van der Waals surface area contributed by atoms with Crippen LogP contribution in [0.5, 0.6) is 0 Å². The van der Waals surface area contributed by atoms with E-state index in [0.717, 1.165) is 9.87 Å². The number of aromatic nitrogens is 2. The van der Waals surface area contributed by atoms with E-state index in [4.69, 9.17) is 0 Å². The van der Waals surface area contributed by atoms with E-state index in [9.17, 15) is 18.3 Å². The summed E-state index contributed by atoms with van der Waals surface area (Å²) in [6.07, 6.45) is 3.37. The third-order valence-electron chi connectivity index (χ3n) is 3.70. The number of imidazole rings is 1. The van der Waals surface area contributed by atoms with Crippen LogP contribution in [0.25, 0.3) is 0 Å². The molecule has 3 heterocycles. The van der Waals surface area contributed by atoms with Crippen LogP contribution >= 0.6 is 11.3 Å². The van der Waals surface area contributed by atoms with Gasteiger partial charge in [-0.2, -0.15) is 4.31 Å². The summed E-state index contributed by atoms with van der Waals surface area (Å²) in [6, 6.07) is 0.673. The summed E-state index contributed by atoms with van der Waals surface area (Å²) >= 11 is 1.27. The van der Waals surface area contributed by atoms with E-state index in [2.05, 4.69) is 4.98 Å². The quantitative estimate of drug-likeness (QED) is 0.906. The van der Waals surface area contributed by atoms with Crippen LogP contribution in [-0.4, -0.2) is 39.9 Å². The Bertz CT molecular complexity index is 809. The summed E-state index contributed by atoms with van der Waals surface area (Å²) in [7, 11) is -3.94. The van der Waals surface area contributed by atoms with Gasteiger partial charge in [-0.25, -0.2) is 13.4 Å². The third kappa shape index (κ3) is 2.34. The van der Waals surface area contributed by atoms with Crippen molar-refractivity contribution in [1.29, 1.82) is 0 Å². The molecule has 1 atom stereocenters. The van der Waals surface area contributed by atoms with Crippen molar-refractivity contribution in [2.24, 2.45) is 0 Å². The van der Waals surface area contributed by atoms with Gasteiger partial charge in [-0.3, -0.25) is 4.79 Å². The van der Waals surface area contributed by atoms with Crippen molar-refractivity contribution in [2.75, 3.05) is 6.54 Å². The van der Waals surface area contributed by atoms with Crippen LogP contribution in [0, 0.1) is 0 Å². The van der Waals surface area contributed by atoms with Crippen molar-refractivity contribution >= 4 is 27.3 Å². The minimum absolute atomic E-state index is 0.111. The number of hydrogen-bond donors (Lipinski definition) is 1. The highest BCUT2D eigenvalue weighted by atomic mass is 32.2. The Hall–Kier alpha value is -1.71. The molecule has 0 fully saturated rings. The SMILES string of the molecule is CCn1cnc(S(=O)(=O)N2CCc3ccsc3C2C(=O)O)c1. The predicted molar refractivity (Wildman–Crippen MR) is 80.2 cm³/mol. The van der Waals surface area contributed by atoms with Gasteiger partial charge in [0, 0.05) is 24.2 Å². The number of sulfonamides is 1. The van der Waals surface area contributed by atoms with Crippen LogP contribution in [0.4, 0.5) is 0 Å². The van der Waals surface area contributed by atoms with Gasteiger partial charge in [-0.1, -0.05) is 0 Å². The van der Waals surface area contributed by atoms with Gasteiger partial charge in [0.05, 0.1) is 6.33 Å². The number of fused-ring (bicyclic) bond motifs is 1. The molecule has 0 spiro atoms. The molecule has 1 aliphatic heterocycles. The van der Waals surface area contributed by atoms with Gasteiger partial charge in [0.2, 0.25) is 0 Å². The zero-order valence-corrected chi connectivity index (χ0v) is 13.5. The molecule has 3 rings (SSSR count). The minimum atomic E-state index is -3.94. The summed E-state index contributed by atoms with van der Waals surface area (Å²) in [6.45, 7) is 2.61. The molecule has 7 nitrogen and oxygen atoms in total. The third-order valence-corrected chi connectivity index (χ3v) is 6.46. The monoisotopic (exact) mass is 341 g/mol. The summed E-state index contributed by atoms with van der Waals surface area (Å²) in [4.78, 5) is 16.1. The molecule has 1 aliphatic rings. The zero-order valence-electron chi connectivity index (χ0n) is 11.8. The van der Waals surface area contributed by atoms with E-state index in [1.54, 1.807) is 9.95 Å². The van der Waals surface area contributed by atoms with Crippen LogP contribution < -0.4 is 0 Å². The zero-order chi connectivity index (χ0) is 15.9. The topological polar surface area (TPSA) is 92.5 Å². The fourth-order valence-electron chi connectivity index (χ4n) is 2.54. The van der Waals surface area contributed by atoms with E-state index < -0.39 is 22.0 Å². The number of carboxylic acid groups (broad SMARTS) is 1. The van der Waals surface area contributed by atoms with Gasteiger partial charge in [0.1, 0.15) is 0 Å². The van der Waals surface area contributed by atoms with Gasteiger partial charge in [0.25, 0.3) is 10.0 Å². The molecule has 2 aromatic heterocycles. The Morgan fingerprint density at radius 2 is 2.32 bits per heavy atom. The minimum Gasteiger partial charge on any atom is -0.480 e. The number of carbonyl (C=O) groups is 1. The average molecular weight is 341 g/mol. The molecular weight excluding hydrogens is 326 g/mol. The molecule has 0 bridgehead atoms. The Kier molecular flexibility index (Phi) is 3.79. The number of nitrogens with zero attached hydrogens (tertiary/aromatic N) is 3. The van der Waals surface area contributed by atoms with Gasteiger partial charge in [-0.05, 0) is 30.4 Å². The van der Waals surface area contributed by atoms with Crippen molar-refractivity contribution in [3.05, 3.63) is 34.4 Å². The largest absolute Gasteiger partial charge is 0.480 e. The van der Waals surface area contributed by atoms with Crippen LogP contribution in [0.2, 0.25) is 0 Å². The molecule has 9 heteroatoms. The maximum Gasteiger partial charge on any atom is 0.327 e. The van der Waals surface area contributed by atoms with E-state index >= 15 is 0 Å². The molecule has 0 aliphatic carbocycles. The highest BCUT2D eigenvalue weighted by molar-refractivity contribution is 7.89. The van der Waals surface area contributed by atoms with E-state index in [1.807, 2.05) is 13.0 Å². The second-order valence-corrected chi connectivity index (χ2v) is 7.74. The Balaban J connectivity index is 2.04. The molecule has 118 valence electrons. The first-order chi connectivity index (χ1) is 10.4. The lowest BCUT2D eigenvalue weighted by Gasteiger charge is -2.31. The molecule has 0 saturated heterocycles. The molecule has 1 unspecified atom stereocenters. The van der Waals surface area contributed by atoms with Crippen molar-refractivity contribution in [1.82, 2.24) is 13.9 Å². The fraction of sp³-hybridized carbons (Fsp3) is 0.385. The standard InChI is InChI=1S/C13H15N3O4S2/c1-2-15-7-10(14-8-15)22(19,20)16-5-3-9-4-6-21-12(9)11(16)13(17)18/h4,6-8,11H,2-3,5H2,1H3,(H,17,18). The van der Waals surface area contributed by atoms with Crippen LogP contribution in [0.15, 0.2) is 29.0 Å². The Morgan fingerprint density at radius 3 is 2.95 bits per heavy atom. The lowest BCUT2D eigenvalue weighted by Crippen LogP contribution is -2.42. The van der Waals surface area contributed by atoms with Gasteiger partial charge >= 0.3 is 5.97 Å². The second-order valence-electron chi connectivity index (χ2n) is 4.96. The summed E-state index contributed by atoms with van der Waals surface area (Å²) in [5.41, 5.74) is 0.905. The Morgan fingerprint density at radius 1 is 1.55 bits per heavy atom. The van der Waals surface area contributed by atoms with Gasteiger partial charge in [0.15, 0.2) is 11.1 Å². The highest BCUT2D eigenvalue weighted by Gasteiger charge is 2.42. The maximum absolute atomic E-state index is 12.8. The van der Waals surface area contributed by atoms with Crippen LogP contribution in [0.1, 0.15) is 23.4 Å². The van der Waals surface area contributed by atoms with E-state index in [1.165, 1.54) is 23.9 Å². The van der Waals surface area contributed by atoms with E-state index in [-0.39, 0.29) is 11.6 Å². The lowest BCUT2D eigenvalue weighted by molar-refractivity contribution is -0.141. The average Bonchev–Trinajstić information content (AvgIpc) is 3.14. The summed E-state index contributed by atoms with van der Waals surface area (Å²) < 4.78 is 28.2. The van der Waals surface area contributed by atoms with Crippen molar-refractivity contribution in [3.63, 3.8) is 0 Å².